The van der Waals surface area contributed by atoms with E-state index in [9.17, 15) is 10.1 Å². The zero-order chi connectivity index (χ0) is 17.6. The Morgan fingerprint density at radius 1 is 1.12 bits per heavy atom. The van der Waals surface area contributed by atoms with Gasteiger partial charge in [-0.2, -0.15) is 0 Å². The van der Waals surface area contributed by atoms with Crippen molar-refractivity contribution in [3.05, 3.63) is 81.7 Å². The lowest BCUT2D eigenvalue weighted by atomic mass is 9.95. The van der Waals surface area contributed by atoms with Crippen LogP contribution in [0.5, 0.6) is 0 Å². The molecule has 25 heavy (non-hydrogen) atoms. The highest BCUT2D eigenvalue weighted by Crippen LogP contribution is 2.35. The smallest absolute Gasteiger partial charge is 0.294 e. The van der Waals surface area contributed by atoms with Gasteiger partial charge in [-0.15, -0.1) is 0 Å². The van der Waals surface area contributed by atoms with Crippen LogP contribution in [0.3, 0.4) is 0 Å². The highest BCUT2D eigenvalue weighted by molar-refractivity contribution is 5.78. The number of benzene rings is 1. The molecule has 0 atom stereocenters. The SMILES string of the molecule is Cn1cc([N+](=O)[O-])c(/C=C/C=C/c2ccccc2)c1C1=CCCCC1. The van der Waals surface area contributed by atoms with Crippen molar-refractivity contribution in [2.75, 3.05) is 0 Å². The van der Waals surface area contributed by atoms with Crippen LogP contribution in [0.2, 0.25) is 0 Å². The lowest BCUT2D eigenvalue weighted by molar-refractivity contribution is -0.385. The molecule has 128 valence electrons. The number of allylic oxidation sites excluding steroid dienone is 4. The molecule has 0 saturated heterocycles. The molecule has 1 aliphatic rings. The summed E-state index contributed by atoms with van der Waals surface area (Å²) in [4.78, 5) is 11.1. The summed E-state index contributed by atoms with van der Waals surface area (Å²) in [5, 5.41) is 11.4. The van der Waals surface area contributed by atoms with Crippen molar-refractivity contribution in [1.82, 2.24) is 4.57 Å². The second-order valence-electron chi connectivity index (χ2n) is 6.25. The second kappa shape index (κ2) is 7.79. The predicted molar refractivity (Wildman–Crippen MR) is 103 cm³/mol. The van der Waals surface area contributed by atoms with Crippen LogP contribution in [0.1, 0.15) is 42.5 Å². The van der Waals surface area contributed by atoms with Crippen molar-refractivity contribution in [1.29, 1.82) is 0 Å². The average Bonchev–Trinajstić information content (AvgIpc) is 2.97. The summed E-state index contributed by atoms with van der Waals surface area (Å²) in [7, 11) is 1.88. The molecule has 1 heterocycles. The van der Waals surface area contributed by atoms with Crippen molar-refractivity contribution in [2.45, 2.75) is 25.7 Å². The molecule has 1 aliphatic carbocycles. The molecule has 0 saturated carbocycles. The van der Waals surface area contributed by atoms with Gasteiger partial charge in [0, 0.05) is 7.05 Å². The lowest BCUT2D eigenvalue weighted by Crippen LogP contribution is -1.99. The Kier molecular flexibility index (Phi) is 5.29. The molecule has 0 fully saturated rings. The minimum absolute atomic E-state index is 0.160. The topological polar surface area (TPSA) is 48.1 Å². The van der Waals surface area contributed by atoms with E-state index in [4.69, 9.17) is 0 Å². The van der Waals surface area contributed by atoms with Gasteiger partial charge < -0.3 is 4.57 Å². The first-order valence-electron chi connectivity index (χ1n) is 8.59. The van der Waals surface area contributed by atoms with Crippen LogP contribution in [0.25, 0.3) is 17.7 Å². The normalized spacial score (nSPS) is 15.0. The number of nitro groups is 1. The minimum atomic E-state index is -0.298. The molecule has 0 radical (unpaired) electrons. The number of hydrogen-bond donors (Lipinski definition) is 0. The summed E-state index contributed by atoms with van der Waals surface area (Å²) in [5.74, 6) is 0. The third kappa shape index (κ3) is 3.97. The van der Waals surface area contributed by atoms with Gasteiger partial charge in [-0.1, -0.05) is 54.6 Å². The Labute approximate surface area is 148 Å². The van der Waals surface area contributed by atoms with Gasteiger partial charge in [-0.25, -0.2) is 0 Å². The number of rotatable bonds is 5. The molecular weight excluding hydrogens is 312 g/mol. The highest BCUT2D eigenvalue weighted by Gasteiger charge is 2.23. The first kappa shape index (κ1) is 17.0. The maximum atomic E-state index is 11.4. The van der Waals surface area contributed by atoms with Crippen molar-refractivity contribution in [2.24, 2.45) is 7.05 Å². The second-order valence-corrected chi connectivity index (χ2v) is 6.25. The molecular formula is C21H22N2O2. The molecule has 2 aromatic rings. The maximum Gasteiger partial charge on any atom is 0.294 e. The molecule has 1 aromatic carbocycles. The summed E-state index contributed by atoms with van der Waals surface area (Å²) in [6, 6.07) is 9.99. The molecule has 3 rings (SSSR count). The molecule has 0 amide bonds. The fourth-order valence-electron chi connectivity index (χ4n) is 3.27. The number of nitrogens with zero attached hydrogens (tertiary/aromatic N) is 2. The zero-order valence-corrected chi connectivity index (χ0v) is 14.4. The Morgan fingerprint density at radius 3 is 2.56 bits per heavy atom. The summed E-state index contributed by atoms with van der Waals surface area (Å²) in [6.45, 7) is 0. The van der Waals surface area contributed by atoms with E-state index >= 15 is 0 Å². The van der Waals surface area contributed by atoms with Crippen LogP contribution >= 0.6 is 0 Å². The first-order chi connectivity index (χ1) is 12.2. The van der Waals surface area contributed by atoms with Crippen LogP contribution in [0, 0.1) is 10.1 Å². The molecule has 0 spiro atoms. The Morgan fingerprint density at radius 2 is 1.88 bits per heavy atom. The summed E-state index contributed by atoms with van der Waals surface area (Å²) in [6.07, 6.45) is 15.8. The number of aryl methyl sites for hydroxylation is 1. The van der Waals surface area contributed by atoms with E-state index in [1.165, 1.54) is 12.0 Å². The van der Waals surface area contributed by atoms with E-state index in [-0.39, 0.29) is 10.6 Å². The van der Waals surface area contributed by atoms with E-state index in [2.05, 4.69) is 6.08 Å². The first-order valence-corrected chi connectivity index (χ1v) is 8.59. The Balaban J connectivity index is 1.93. The van der Waals surface area contributed by atoms with Crippen LogP contribution in [0.15, 0.2) is 54.8 Å². The molecule has 4 nitrogen and oxygen atoms in total. The highest BCUT2D eigenvalue weighted by atomic mass is 16.6. The predicted octanol–water partition coefficient (Wildman–Crippen LogP) is 5.62. The third-order valence-corrected chi connectivity index (χ3v) is 4.45. The fraction of sp³-hybridized carbons (Fsp3) is 0.238. The molecule has 0 aliphatic heterocycles. The van der Waals surface area contributed by atoms with Gasteiger partial charge in [0.05, 0.1) is 22.4 Å². The molecule has 0 bridgehead atoms. The maximum absolute atomic E-state index is 11.4. The zero-order valence-electron chi connectivity index (χ0n) is 14.4. The third-order valence-electron chi connectivity index (χ3n) is 4.45. The monoisotopic (exact) mass is 334 g/mol. The summed E-state index contributed by atoms with van der Waals surface area (Å²) >= 11 is 0. The standard InChI is InChI=1S/C21H22N2O2/c1-22-16-20(23(24)25)19(21(22)18-13-6-3-7-14-18)15-9-8-12-17-10-4-2-5-11-17/h2,4-5,8-13,15-16H,3,6-7,14H2,1H3/b12-8+,15-9+. The van der Waals surface area contributed by atoms with Gasteiger partial charge in [0.25, 0.3) is 5.69 Å². The van der Waals surface area contributed by atoms with Gasteiger partial charge in [0.1, 0.15) is 0 Å². The van der Waals surface area contributed by atoms with Crippen molar-refractivity contribution in [3.8, 4) is 0 Å². The van der Waals surface area contributed by atoms with Gasteiger partial charge in [0.2, 0.25) is 0 Å². The minimum Gasteiger partial charge on any atom is -0.344 e. The summed E-state index contributed by atoms with van der Waals surface area (Å²) in [5.41, 5.74) is 4.14. The van der Waals surface area contributed by atoms with Gasteiger partial charge in [-0.05, 0) is 42.9 Å². The molecule has 0 unspecified atom stereocenters. The number of hydrogen-bond acceptors (Lipinski definition) is 2. The van der Waals surface area contributed by atoms with Crippen molar-refractivity contribution in [3.63, 3.8) is 0 Å². The Bertz CT molecular complexity index is 842. The number of aromatic nitrogens is 1. The molecule has 1 aromatic heterocycles. The quantitative estimate of drug-likeness (QED) is 0.405. The van der Waals surface area contributed by atoms with Gasteiger partial charge >= 0.3 is 0 Å². The molecule has 4 heteroatoms. The summed E-state index contributed by atoms with van der Waals surface area (Å²) < 4.78 is 1.88. The largest absolute Gasteiger partial charge is 0.344 e. The lowest BCUT2D eigenvalue weighted by Gasteiger charge is -2.14. The van der Waals surface area contributed by atoms with Crippen LogP contribution in [0.4, 0.5) is 5.69 Å². The molecule has 0 N–H and O–H groups in total. The van der Waals surface area contributed by atoms with Crippen molar-refractivity contribution >= 4 is 23.4 Å². The average molecular weight is 334 g/mol. The van der Waals surface area contributed by atoms with Gasteiger partial charge in [0.15, 0.2) is 0 Å². The van der Waals surface area contributed by atoms with E-state index in [1.807, 2.05) is 66.3 Å². The van der Waals surface area contributed by atoms with E-state index in [0.29, 0.717) is 5.56 Å². The fourth-order valence-corrected chi connectivity index (χ4v) is 3.27. The Hall–Kier alpha value is -2.88. The van der Waals surface area contributed by atoms with Crippen LogP contribution in [-0.2, 0) is 7.05 Å². The van der Waals surface area contributed by atoms with Crippen LogP contribution < -0.4 is 0 Å². The van der Waals surface area contributed by atoms with E-state index in [0.717, 1.165) is 30.5 Å². The van der Waals surface area contributed by atoms with Crippen molar-refractivity contribution < 1.29 is 4.92 Å². The van der Waals surface area contributed by atoms with Gasteiger partial charge in [-0.3, -0.25) is 10.1 Å². The van der Waals surface area contributed by atoms with E-state index < -0.39 is 0 Å². The van der Waals surface area contributed by atoms with E-state index in [1.54, 1.807) is 6.20 Å². The van der Waals surface area contributed by atoms with Crippen LogP contribution in [-0.4, -0.2) is 9.49 Å².